The monoisotopic (exact) mass is 315 g/mol. The number of rotatable bonds is 6. The molecule has 6 heteroatoms. The third-order valence-corrected chi connectivity index (χ3v) is 3.72. The van der Waals surface area contributed by atoms with Crippen LogP contribution in [0.25, 0.3) is 11.3 Å². The first-order chi connectivity index (χ1) is 11.1. The third-order valence-electron chi connectivity index (χ3n) is 3.72. The number of aromatic nitrogens is 2. The summed E-state index contributed by atoms with van der Waals surface area (Å²) in [6.07, 6.45) is 3.06. The van der Waals surface area contributed by atoms with Crippen LogP contribution in [0.2, 0.25) is 0 Å². The molecule has 0 atom stereocenters. The number of amides is 1. The smallest absolute Gasteiger partial charge is 0.266 e. The molecule has 1 saturated carbocycles. The van der Waals surface area contributed by atoms with Crippen molar-refractivity contribution < 1.29 is 9.18 Å². The van der Waals surface area contributed by atoms with E-state index in [9.17, 15) is 14.0 Å². The van der Waals surface area contributed by atoms with E-state index in [-0.39, 0.29) is 17.3 Å². The summed E-state index contributed by atoms with van der Waals surface area (Å²) in [5, 5.41) is 7.21. The van der Waals surface area contributed by atoms with Gasteiger partial charge < -0.3 is 5.32 Å². The van der Waals surface area contributed by atoms with E-state index in [4.69, 9.17) is 0 Å². The van der Waals surface area contributed by atoms with Crippen LogP contribution in [0.3, 0.4) is 0 Å². The van der Waals surface area contributed by atoms with E-state index < -0.39 is 0 Å². The second kappa shape index (κ2) is 6.73. The molecule has 0 saturated heterocycles. The minimum absolute atomic E-state index is 0.0234. The molecule has 0 aliphatic heterocycles. The average molecular weight is 315 g/mol. The molecule has 5 nitrogen and oxygen atoms in total. The molecule has 1 aromatic carbocycles. The molecule has 0 radical (unpaired) electrons. The molecule has 0 spiro atoms. The minimum atomic E-state index is -0.316. The fraction of sp³-hybridized carbons (Fsp3) is 0.353. The second-order valence-corrected chi connectivity index (χ2v) is 5.73. The number of benzene rings is 1. The predicted molar refractivity (Wildman–Crippen MR) is 84.3 cm³/mol. The summed E-state index contributed by atoms with van der Waals surface area (Å²) in [4.78, 5) is 23.5. The largest absolute Gasteiger partial charge is 0.353 e. The molecule has 1 amide bonds. The van der Waals surface area contributed by atoms with Gasteiger partial charge in [0.15, 0.2) is 0 Å². The average Bonchev–Trinajstić information content (AvgIpc) is 3.34. The van der Waals surface area contributed by atoms with Crippen LogP contribution in [-0.2, 0) is 11.3 Å². The van der Waals surface area contributed by atoms with Crippen LogP contribution in [0.5, 0.6) is 0 Å². The van der Waals surface area contributed by atoms with E-state index in [0.29, 0.717) is 31.1 Å². The lowest BCUT2D eigenvalue weighted by atomic mass is 10.1. The summed E-state index contributed by atoms with van der Waals surface area (Å²) in [5.74, 6) is -0.293. The van der Waals surface area contributed by atoms with E-state index in [1.165, 1.54) is 22.9 Å². The molecule has 0 bridgehead atoms. The van der Waals surface area contributed by atoms with Crippen LogP contribution in [0, 0.1) is 5.82 Å². The molecule has 3 rings (SSSR count). The Morgan fingerprint density at radius 3 is 2.65 bits per heavy atom. The first-order valence-corrected chi connectivity index (χ1v) is 7.75. The number of hydrogen-bond acceptors (Lipinski definition) is 3. The molecule has 120 valence electrons. The third kappa shape index (κ3) is 4.25. The SMILES string of the molecule is O=C(CCCn1nc(-c2ccc(F)cc2)ccc1=O)NC1CC1. The van der Waals surface area contributed by atoms with Gasteiger partial charge in [-0.15, -0.1) is 0 Å². The summed E-state index contributed by atoms with van der Waals surface area (Å²) < 4.78 is 14.3. The lowest BCUT2D eigenvalue weighted by molar-refractivity contribution is -0.121. The molecular formula is C17H18FN3O2. The zero-order chi connectivity index (χ0) is 16.2. The van der Waals surface area contributed by atoms with Gasteiger partial charge in [0, 0.05) is 30.6 Å². The van der Waals surface area contributed by atoms with E-state index in [1.807, 2.05) is 0 Å². The lowest BCUT2D eigenvalue weighted by Crippen LogP contribution is -2.27. The van der Waals surface area contributed by atoms with Gasteiger partial charge in [-0.3, -0.25) is 9.59 Å². The van der Waals surface area contributed by atoms with E-state index in [0.717, 1.165) is 18.4 Å². The lowest BCUT2D eigenvalue weighted by Gasteiger charge is -2.07. The van der Waals surface area contributed by atoms with Gasteiger partial charge in [-0.05, 0) is 49.6 Å². The summed E-state index contributed by atoms with van der Waals surface area (Å²) in [7, 11) is 0. The zero-order valence-electron chi connectivity index (χ0n) is 12.7. The van der Waals surface area contributed by atoms with Crippen LogP contribution in [0.4, 0.5) is 4.39 Å². The van der Waals surface area contributed by atoms with Crippen molar-refractivity contribution in [1.29, 1.82) is 0 Å². The normalized spacial score (nSPS) is 13.8. The quantitative estimate of drug-likeness (QED) is 0.888. The molecule has 2 aromatic rings. The van der Waals surface area contributed by atoms with Crippen molar-refractivity contribution >= 4 is 5.91 Å². The van der Waals surface area contributed by atoms with Gasteiger partial charge in [-0.1, -0.05) is 0 Å². The maximum atomic E-state index is 13.0. The van der Waals surface area contributed by atoms with Crippen molar-refractivity contribution in [3.8, 4) is 11.3 Å². The van der Waals surface area contributed by atoms with E-state index >= 15 is 0 Å². The number of halogens is 1. The summed E-state index contributed by atoms with van der Waals surface area (Å²) in [5.41, 5.74) is 1.14. The van der Waals surface area contributed by atoms with Gasteiger partial charge in [-0.25, -0.2) is 9.07 Å². The minimum Gasteiger partial charge on any atom is -0.353 e. The number of nitrogens with one attached hydrogen (secondary N) is 1. The fourth-order valence-corrected chi connectivity index (χ4v) is 2.30. The van der Waals surface area contributed by atoms with Crippen LogP contribution in [0.1, 0.15) is 25.7 Å². The Labute approximate surface area is 133 Å². The van der Waals surface area contributed by atoms with Gasteiger partial charge >= 0.3 is 0 Å². The highest BCUT2D eigenvalue weighted by atomic mass is 19.1. The molecular weight excluding hydrogens is 297 g/mol. The molecule has 1 N–H and O–H groups in total. The van der Waals surface area contributed by atoms with Gasteiger partial charge in [-0.2, -0.15) is 5.10 Å². The number of carbonyl (C=O) groups is 1. The van der Waals surface area contributed by atoms with Crippen molar-refractivity contribution in [3.05, 3.63) is 52.6 Å². The maximum Gasteiger partial charge on any atom is 0.266 e. The zero-order valence-corrected chi connectivity index (χ0v) is 12.7. The van der Waals surface area contributed by atoms with Crippen LogP contribution < -0.4 is 10.9 Å². The standard InChI is InChI=1S/C17H18FN3O2/c18-13-5-3-12(4-6-13)15-9-10-17(23)21(20-15)11-1-2-16(22)19-14-7-8-14/h3-6,9-10,14H,1-2,7-8,11H2,(H,19,22). The Balaban J connectivity index is 1.64. The number of hydrogen-bond donors (Lipinski definition) is 1. The Kier molecular flexibility index (Phi) is 4.50. The Bertz CT molecular complexity index is 751. The van der Waals surface area contributed by atoms with Gasteiger partial charge in [0.25, 0.3) is 5.56 Å². The van der Waals surface area contributed by atoms with Crippen molar-refractivity contribution in [2.45, 2.75) is 38.3 Å². The Morgan fingerprint density at radius 1 is 1.22 bits per heavy atom. The molecule has 1 fully saturated rings. The molecule has 23 heavy (non-hydrogen) atoms. The van der Waals surface area contributed by atoms with Gasteiger partial charge in [0.1, 0.15) is 5.82 Å². The highest BCUT2D eigenvalue weighted by Crippen LogP contribution is 2.19. The van der Waals surface area contributed by atoms with Gasteiger partial charge in [0.05, 0.1) is 5.69 Å². The van der Waals surface area contributed by atoms with Crippen LogP contribution in [-0.4, -0.2) is 21.7 Å². The first-order valence-electron chi connectivity index (χ1n) is 7.75. The maximum absolute atomic E-state index is 13.0. The predicted octanol–water partition coefficient (Wildman–Crippen LogP) is 2.11. The number of aryl methyl sites for hydroxylation is 1. The van der Waals surface area contributed by atoms with Crippen molar-refractivity contribution in [3.63, 3.8) is 0 Å². The summed E-state index contributed by atoms with van der Waals surface area (Å²) in [6, 6.07) is 9.36. The molecule has 1 aliphatic rings. The fourth-order valence-electron chi connectivity index (χ4n) is 2.30. The summed E-state index contributed by atoms with van der Waals surface area (Å²) >= 11 is 0. The molecule has 1 aromatic heterocycles. The molecule has 1 heterocycles. The number of nitrogens with zero attached hydrogens (tertiary/aromatic N) is 2. The molecule has 1 aliphatic carbocycles. The van der Waals surface area contributed by atoms with Crippen molar-refractivity contribution in [2.75, 3.05) is 0 Å². The first kappa shape index (κ1) is 15.4. The Hall–Kier alpha value is -2.50. The summed E-state index contributed by atoms with van der Waals surface area (Å²) in [6.45, 7) is 0.381. The number of carbonyl (C=O) groups excluding carboxylic acids is 1. The van der Waals surface area contributed by atoms with Crippen molar-refractivity contribution in [1.82, 2.24) is 15.1 Å². The topological polar surface area (TPSA) is 64.0 Å². The highest BCUT2D eigenvalue weighted by Gasteiger charge is 2.22. The highest BCUT2D eigenvalue weighted by molar-refractivity contribution is 5.76. The van der Waals surface area contributed by atoms with Gasteiger partial charge in [0.2, 0.25) is 5.91 Å². The van der Waals surface area contributed by atoms with E-state index in [1.54, 1.807) is 18.2 Å². The van der Waals surface area contributed by atoms with Crippen LogP contribution in [0.15, 0.2) is 41.2 Å². The van der Waals surface area contributed by atoms with E-state index in [2.05, 4.69) is 10.4 Å². The van der Waals surface area contributed by atoms with Crippen LogP contribution >= 0.6 is 0 Å². The second-order valence-electron chi connectivity index (χ2n) is 5.73. The van der Waals surface area contributed by atoms with Crippen molar-refractivity contribution in [2.24, 2.45) is 0 Å². The molecule has 0 unspecified atom stereocenters. The Morgan fingerprint density at radius 2 is 1.96 bits per heavy atom.